The van der Waals surface area contributed by atoms with Crippen molar-refractivity contribution in [3.05, 3.63) is 48.3 Å². The summed E-state index contributed by atoms with van der Waals surface area (Å²) < 4.78 is 104. The molecule has 2 aliphatic rings. The van der Waals surface area contributed by atoms with Crippen molar-refractivity contribution in [2.24, 2.45) is 0 Å². The first-order chi connectivity index (χ1) is 22.5. The first-order valence-corrected chi connectivity index (χ1v) is 14.0. The number of nitrogens with zero attached hydrogens (tertiary/aromatic N) is 5. The van der Waals surface area contributed by atoms with E-state index in [9.17, 15) is 44.3 Å². The van der Waals surface area contributed by atoms with Gasteiger partial charge in [-0.2, -0.15) is 39.5 Å². The van der Waals surface area contributed by atoms with Gasteiger partial charge in [0.05, 0.1) is 6.54 Å². The Morgan fingerprint density at radius 3 is 1.73 bits per heavy atom. The maximum Gasteiger partial charge on any atom is 0.490 e. The normalized spacial score (nSPS) is 17.1. The van der Waals surface area contributed by atoms with Gasteiger partial charge in [-0.1, -0.05) is 6.07 Å². The molecule has 49 heavy (non-hydrogen) atoms. The third-order valence-corrected chi connectivity index (χ3v) is 6.72. The zero-order valence-electron chi connectivity index (χ0n) is 25.7. The second-order valence-electron chi connectivity index (χ2n) is 10.1. The summed E-state index contributed by atoms with van der Waals surface area (Å²) in [5, 5.41) is 21.4. The molecule has 0 aliphatic carbocycles. The number of imidazole rings is 1. The van der Waals surface area contributed by atoms with Gasteiger partial charge < -0.3 is 29.5 Å². The van der Waals surface area contributed by atoms with Crippen LogP contribution in [0.25, 0.3) is 0 Å². The lowest BCUT2D eigenvalue weighted by Gasteiger charge is -2.46. The summed E-state index contributed by atoms with van der Waals surface area (Å²) in [5.41, 5.74) is 0.750. The Kier molecular flexibility index (Phi) is 15.4. The number of amides is 1. The zero-order valence-corrected chi connectivity index (χ0v) is 25.7. The number of aromatic nitrogens is 3. The van der Waals surface area contributed by atoms with Crippen molar-refractivity contribution >= 4 is 23.8 Å². The van der Waals surface area contributed by atoms with Crippen molar-refractivity contribution in [3.8, 4) is 0 Å². The van der Waals surface area contributed by atoms with Crippen LogP contribution in [-0.4, -0.2) is 114 Å². The van der Waals surface area contributed by atoms with E-state index in [1.54, 1.807) is 6.20 Å². The highest BCUT2D eigenvalue weighted by molar-refractivity contribution is 5.81. The van der Waals surface area contributed by atoms with Gasteiger partial charge in [0.15, 0.2) is 6.10 Å². The van der Waals surface area contributed by atoms with Crippen LogP contribution < -0.4 is 0 Å². The van der Waals surface area contributed by atoms with Crippen LogP contribution >= 0.6 is 0 Å². The predicted octanol–water partition coefficient (Wildman–Crippen LogP) is 3.94. The van der Waals surface area contributed by atoms with Crippen LogP contribution in [0.3, 0.4) is 0 Å². The van der Waals surface area contributed by atoms with Gasteiger partial charge in [0.1, 0.15) is 11.4 Å². The Morgan fingerprint density at radius 2 is 1.35 bits per heavy atom. The van der Waals surface area contributed by atoms with E-state index in [0.29, 0.717) is 19.6 Å². The van der Waals surface area contributed by atoms with E-state index in [-0.39, 0.29) is 5.91 Å². The number of carboxylic acid groups (broad SMARTS) is 3. The smallest absolute Gasteiger partial charge is 0.475 e. The Labute approximate surface area is 271 Å². The number of carboxylic acids is 3. The summed E-state index contributed by atoms with van der Waals surface area (Å²) in [6.45, 7) is 8.70. The van der Waals surface area contributed by atoms with Crippen LogP contribution in [-0.2, 0) is 42.6 Å². The number of halogens is 9. The molecule has 2 aliphatic heterocycles. The summed E-state index contributed by atoms with van der Waals surface area (Å²) in [6, 6.07) is 4.09. The van der Waals surface area contributed by atoms with Crippen LogP contribution in [0.1, 0.15) is 38.1 Å². The number of aliphatic carboxylic acids is 3. The molecule has 1 unspecified atom stereocenters. The molecule has 276 valence electrons. The molecule has 1 saturated heterocycles. The highest BCUT2D eigenvalue weighted by Crippen LogP contribution is 2.40. The summed E-state index contributed by atoms with van der Waals surface area (Å²) in [5.74, 6) is -7.22. The lowest BCUT2D eigenvalue weighted by Crippen LogP contribution is -2.54. The molecule has 1 spiro atoms. The average molecular weight is 726 g/mol. The number of hydrogen-bond donors (Lipinski definition) is 3. The van der Waals surface area contributed by atoms with E-state index >= 15 is 0 Å². The molecule has 1 fully saturated rings. The highest BCUT2D eigenvalue weighted by atomic mass is 19.4. The molecule has 2 aromatic heterocycles. The van der Waals surface area contributed by atoms with Gasteiger partial charge in [-0.3, -0.25) is 14.7 Å². The van der Waals surface area contributed by atoms with Gasteiger partial charge in [-0.25, -0.2) is 19.4 Å². The molecule has 1 atom stereocenters. The fraction of sp³-hybridized carbons (Fsp3) is 0.556. The Balaban J connectivity index is 0.000000467. The van der Waals surface area contributed by atoms with Crippen molar-refractivity contribution < 1.29 is 78.7 Å². The van der Waals surface area contributed by atoms with Crippen molar-refractivity contribution in [2.45, 2.75) is 70.0 Å². The van der Waals surface area contributed by atoms with Crippen LogP contribution in [0.4, 0.5) is 39.5 Å². The average Bonchev–Trinajstić information content (AvgIpc) is 3.49. The van der Waals surface area contributed by atoms with Crippen LogP contribution in [0, 0.1) is 0 Å². The number of pyridine rings is 1. The zero-order chi connectivity index (χ0) is 37.8. The molecule has 4 rings (SSSR count). The maximum absolute atomic E-state index is 13.0. The Bertz CT molecular complexity index is 1320. The second kappa shape index (κ2) is 17.8. The highest BCUT2D eigenvalue weighted by Gasteiger charge is 2.47. The van der Waals surface area contributed by atoms with Crippen molar-refractivity contribution in [3.63, 3.8) is 0 Å². The Morgan fingerprint density at radius 1 is 0.878 bits per heavy atom. The standard InChI is InChI=1S/C21H29N5O2.3C2HF3O2/c1-3-25(4-2)19(27)18-16-26-13-10-23-20(26)21(28-18)7-11-24(12-8-21)15-17-6-5-9-22-14-17;3*3-2(4,5)1(6)7/h5-6,9-10,13-14,18H,3-4,7-8,11-12,15-16H2,1-2H3;3*(H,6,7). The van der Waals surface area contributed by atoms with Gasteiger partial charge >= 0.3 is 36.4 Å². The summed E-state index contributed by atoms with van der Waals surface area (Å²) in [4.78, 5) is 52.8. The number of rotatable bonds is 5. The third kappa shape index (κ3) is 13.5. The first-order valence-electron chi connectivity index (χ1n) is 14.0. The largest absolute Gasteiger partial charge is 0.490 e. The lowest BCUT2D eigenvalue weighted by atomic mass is 9.88. The molecule has 0 aromatic carbocycles. The van der Waals surface area contributed by atoms with Gasteiger partial charge in [0, 0.05) is 57.5 Å². The van der Waals surface area contributed by atoms with Crippen LogP contribution in [0.2, 0.25) is 0 Å². The van der Waals surface area contributed by atoms with Gasteiger partial charge in [-0.05, 0) is 38.3 Å². The second-order valence-corrected chi connectivity index (χ2v) is 10.1. The minimum atomic E-state index is -5.08. The fourth-order valence-electron chi connectivity index (χ4n) is 4.43. The molecule has 0 radical (unpaired) electrons. The number of hydrogen-bond acceptors (Lipinski definition) is 8. The quantitative estimate of drug-likeness (QED) is 0.381. The van der Waals surface area contributed by atoms with E-state index in [4.69, 9.17) is 34.4 Å². The van der Waals surface area contributed by atoms with Crippen molar-refractivity contribution in [1.82, 2.24) is 24.3 Å². The minimum Gasteiger partial charge on any atom is -0.475 e. The maximum atomic E-state index is 13.0. The van der Waals surface area contributed by atoms with Crippen LogP contribution in [0.15, 0.2) is 36.9 Å². The topological polar surface area (TPSA) is 175 Å². The van der Waals surface area contributed by atoms with Gasteiger partial charge in [0.25, 0.3) is 5.91 Å². The molecule has 0 saturated carbocycles. The van der Waals surface area contributed by atoms with E-state index in [1.165, 1.54) is 5.56 Å². The predicted molar refractivity (Wildman–Crippen MR) is 147 cm³/mol. The fourth-order valence-corrected chi connectivity index (χ4v) is 4.43. The summed E-state index contributed by atoms with van der Waals surface area (Å²) in [7, 11) is 0. The number of ether oxygens (including phenoxy) is 1. The SMILES string of the molecule is CCN(CC)C(=O)C1Cn2ccnc2C2(CCN(Cc3cccnc3)CC2)O1.O=C(O)C(F)(F)F.O=C(O)C(F)(F)F.O=C(O)C(F)(F)F. The molecule has 4 heterocycles. The molecule has 0 bridgehead atoms. The minimum absolute atomic E-state index is 0.0847. The molecule has 3 N–H and O–H groups in total. The van der Waals surface area contributed by atoms with Gasteiger partial charge in [0.2, 0.25) is 0 Å². The van der Waals surface area contributed by atoms with Crippen molar-refractivity contribution in [1.29, 1.82) is 0 Å². The number of carbonyl (C=O) groups excluding carboxylic acids is 1. The Hall–Kier alpha value is -4.47. The third-order valence-electron chi connectivity index (χ3n) is 6.72. The number of fused-ring (bicyclic) bond motifs is 2. The van der Waals surface area contributed by atoms with E-state index in [2.05, 4.69) is 25.5 Å². The number of likely N-dealkylation sites (N-methyl/N-ethyl adjacent to an activating group) is 1. The van der Waals surface area contributed by atoms with E-state index in [0.717, 1.165) is 38.3 Å². The monoisotopic (exact) mass is 725 g/mol. The number of alkyl halides is 9. The molecular formula is C27H32F9N5O8. The first kappa shape index (κ1) is 42.6. The summed E-state index contributed by atoms with van der Waals surface area (Å²) >= 11 is 0. The molecule has 13 nitrogen and oxygen atoms in total. The number of likely N-dealkylation sites (tertiary alicyclic amines) is 1. The molecular weight excluding hydrogens is 693 g/mol. The van der Waals surface area contributed by atoms with Crippen LogP contribution in [0.5, 0.6) is 0 Å². The van der Waals surface area contributed by atoms with Gasteiger partial charge in [-0.15, -0.1) is 0 Å². The molecule has 22 heteroatoms. The van der Waals surface area contributed by atoms with E-state index < -0.39 is 48.1 Å². The number of carbonyl (C=O) groups is 4. The number of piperidine rings is 1. The van der Waals surface area contributed by atoms with Crippen molar-refractivity contribution in [2.75, 3.05) is 26.2 Å². The molecule has 1 amide bonds. The lowest BCUT2D eigenvalue weighted by molar-refractivity contribution is -0.193. The molecule has 2 aromatic rings. The summed E-state index contributed by atoms with van der Waals surface area (Å²) in [6.07, 6.45) is -6.48. The van der Waals surface area contributed by atoms with E-state index in [1.807, 2.05) is 43.4 Å².